The van der Waals surface area contributed by atoms with Crippen molar-refractivity contribution in [3.05, 3.63) is 48.3 Å². The average molecular weight is 382 g/mol. The van der Waals surface area contributed by atoms with E-state index in [9.17, 15) is 10.1 Å². The van der Waals surface area contributed by atoms with E-state index in [0.717, 1.165) is 5.56 Å². The number of nitrogens with zero attached hydrogens (tertiary/aromatic N) is 3. The van der Waals surface area contributed by atoms with E-state index in [1.165, 1.54) is 13.3 Å². The lowest BCUT2D eigenvalue weighted by atomic mass is 10.1. The molecule has 8 heteroatoms. The summed E-state index contributed by atoms with van der Waals surface area (Å²) in [6.45, 7) is 5.11. The van der Waals surface area contributed by atoms with E-state index >= 15 is 0 Å². The minimum Gasteiger partial charge on any atom is -0.468 e. The molecule has 0 aliphatic heterocycles. The lowest BCUT2D eigenvalue weighted by molar-refractivity contribution is -0.0160. The van der Waals surface area contributed by atoms with Gasteiger partial charge < -0.3 is 19.9 Å². The van der Waals surface area contributed by atoms with Crippen molar-refractivity contribution in [2.75, 3.05) is 12.8 Å². The first-order chi connectivity index (χ1) is 13.2. The van der Waals surface area contributed by atoms with Crippen LogP contribution < -0.4 is 5.73 Å². The smallest absolute Gasteiger partial charge is 0.468 e. The number of carbonyl (C=O) groups is 1. The molecule has 0 saturated heterocycles. The third-order valence-corrected chi connectivity index (χ3v) is 3.39. The third-order valence-electron chi connectivity index (χ3n) is 3.39. The summed E-state index contributed by atoms with van der Waals surface area (Å²) in [7, 11) is 1.31. The quantitative estimate of drug-likeness (QED) is 0.610. The summed E-state index contributed by atoms with van der Waals surface area (Å²) >= 11 is 0. The first-order valence-electron chi connectivity index (χ1n) is 8.48. The lowest BCUT2D eigenvalue weighted by Crippen LogP contribution is -2.24. The van der Waals surface area contributed by atoms with Crippen LogP contribution in [0.15, 0.2) is 42.5 Å². The van der Waals surface area contributed by atoms with Crippen molar-refractivity contribution in [3.8, 4) is 17.3 Å². The van der Waals surface area contributed by atoms with Gasteiger partial charge in [-0.3, -0.25) is 0 Å². The van der Waals surface area contributed by atoms with Crippen LogP contribution in [0, 0.1) is 11.3 Å². The highest BCUT2D eigenvalue weighted by atomic mass is 16.8. The molecule has 0 atom stereocenters. The van der Waals surface area contributed by atoms with Crippen molar-refractivity contribution in [2.24, 2.45) is 0 Å². The molecule has 146 valence electrons. The number of nitrogens with two attached hydrogens (primary N) is 1. The Morgan fingerprint density at radius 2 is 1.93 bits per heavy atom. The molecular formula is C20H22N4O4. The molecule has 0 unspecified atom stereocenters. The van der Waals surface area contributed by atoms with Crippen LogP contribution in [0.25, 0.3) is 16.8 Å². The number of anilines is 1. The van der Waals surface area contributed by atoms with E-state index in [-0.39, 0.29) is 23.8 Å². The van der Waals surface area contributed by atoms with E-state index in [0.29, 0.717) is 11.4 Å². The molecule has 0 bridgehead atoms. The second-order valence-corrected chi connectivity index (χ2v) is 6.74. The lowest BCUT2D eigenvalue weighted by Gasteiger charge is -2.19. The molecule has 2 rings (SSSR count). The topological polar surface area (TPSA) is 120 Å². The normalized spacial score (nSPS) is 11.8. The maximum atomic E-state index is 12.0. The monoisotopic (exact) mass is 382 g/mol. The Hall–Kier alpha value is -3.60. The van der Waals surface area contributed by atoms with Gasteiger partial charge in [0.25, 0.3) is 5.95 Å². The number of carbonyl (C=O) groups excluding carboxylic acids is 1. The second kappa shape index (κ2) is 8.86. The molecule has 2 aromatic rings. The van der Waals surface area contributed by atoms with Gasteiger partial charge in [-0.2, -0.15) is 5.26 Å². The van der Waals surface area contributed by atoms with E-state index in [1.54, 1.807) is 20.8 Å². The summed E-state index contributed by atoms with van der Waals surface area (Å²) in [5.74, 6) is -0.0467. The Kier molecular flexibility index (Phi) is 6.55. The van der Waals surface area contributed by atoms with Crippen LogP contribution in [0.1, 0.15) is 33.0 Å². The largest absolute Gasteiger partial charge is 0.516 e. The zero-order valence-electron chi connectivity index (χ0n) is 16.2. The molecule has 1 heterocycles. The molecule has 0 amide bonds. The number of hydrogen-bond donors (Lipinski definition) is 1. The minimum absolute atomic E-state index is 0.149. The molecule has 8 nitrogen and oxygen atoms in total. The number of rotatable bonds is 5. The van der Waals surface area contributed by atoms with Crippen molar-refractivity contribution in [1.82, 2.24) is 9.97 Å². The highest BCUT2D eigenvalue weighted by Gasteiger charge is 2.23. The Balaban J connectivity index is 2.48. The first-order valence-corrected chi connectivity index (χ1v) is 8.48. The fourth-order valence-electron chi connectivity index (χ4n) is 2.26. The highest BCUT2D eigenvalue weighted by molar-refractivity contribution is 5.75. The van der Waals surface area contributed by atoms with Gasteiger partial charge in [-0.1, -0.05) is 30.3 Å². The predicted octanol–water partition coefficient (Wildman–Crippen LogP) is 3.91. The van der Waals surface area contributed by atoms with E-state index in [4.69, 9.17) is 19.9 Å². The van der Waals surface area contributed by atoms with Gasteiger partial charge in [-0.25, -0.2) is 14.8 Å². The molecule has 0 saturated carbocycles. The van der Waals surface area contributed by atoms with Crippen LogP contribution in [-0.2, 0) is 14.2 Å². The molecule has 2 N–H and O–H groups in total. The van der Waals surface area contributed by atoms with Crippen molar-refractivity contribution < 1.29 is 19.0 Å². The fraction of sp³-hybridized carbons (Fsp3) is 0.300. The summed E-state index contributed by atoms with van der Waals surface area (Å²) in [6.07, 6.45) is 0.325. The Labute approximate surface area is 163 Å². The molecular weight excluding hydrogens is 360 g/mol. The summed E-state index contributed by atoms with van der Waals surface area (Å²) in [5, 5.41) is 9.21. The number of nitriles is 1. The van der Waals surface area contributed by atoms with Crippen LogP contribution >= 0.6 is 0 Å². The van der Waals surface area contributed by atoms with Crippen LogP contribution in [0.3, 0.4) is 0 Å². The van der Waals surface area contributed by atoms with Crippen molar-refractivity contribution in [3.63, 3.8) is 0 Å². The molecule has 1 aromatic heterocycles. The van der Waals surface area contributed by atoms with Gasteiger partial charge in [0.2, 0.25) is 0 Å². The third kappa shape index (κ3) is 5.45. The minimum atomic E-state index is -0.960. The van der Waals surface area contributed by atoms with E-state index in [1.807, 2.05) is 36.4 Å². The van der Waals surface area contributed by atoms with Crippen molar-refractivity contribution in [1.29, 1.82) is 5.26 Å². The molecule has 1 aromatic carbocycles. The van der Waals surface area contributed by atoms with Crippen LogP contribution in [0.4, 0.5) is 10.5 Å². The molecule has 28 heavy (non-hydrogen) atoms. The Morgan fingerprint density at radius 3 is 2.50 bits per heavy atom. The zero-order chi connectivity index (χ0) is 20.7. The Morgan fingerprint density at radius 1 is 1.25 bits per heavy atom. The molecule has 0 aliphatic rings. The first kappa shape index (κ1) is 20.7. The van der Waals surface area contributed by atoms with Gasteiger partial charge in [0.05, 0.1) is 42.8 Å². The zero-order valence-corrected chi connectivity index (χ0v) is 16.2. The van der Waals surface area contributed by atoms with Crippen LogP contribution in [-0.4, -0.2) is 28.8 Å². The number of allylic oxidation sites excluding steroid dienone is 1. The van der Waals surface area contributed by atoms with E-state index in [2.05, 4.69) is 9.97 Å². The average Bonchev–Trinajstić information content (AvgIpc) is 2.64. The van der Waals surface area contributed by atoms with Crippen LogP contribution in [0.2, 0.25) is 0 Å². The fourth-order valence-corrected chi connectivity index (χ4v) is 2.26. The highest BCUT2D eigenvalue weighted by Crippen LogP contribution is 2.27. The standard InChI is InChI=1S/C20H22N4O4/c1-20(2,3)28-19(25)27-18(26-4)14(10-11-21)17-23-12-15(22)16(24-17)13-8-6-5-7-9-13/h5-9,12H,10,22H2,1-4H3/b18-14-. The maximum Gasteiger partial charge on any atom is 0.516 e. The van der Waals surface area contributed by atoms with Crippen LogP contribution in [0.5, 0.6) is 0 Å². The maximum absolute atomic E-state index is 12.0. The molecule has 0 spiro atoms. The van der Waals surface area contributed by atoms with Gasteiger partial charge in [0.15, 0.2) is 5.82 Å². The van der Waals surface area contributed by atoms with Crippen molar-refractivity contribution in [2.45, 2.75) is 32.8 Å². The molecule has 0 aliphatic carbocycles. The number of ether oxygens (including phenoxy) is 3. The van der Waals surface area contributed by atoms with Gasteiger partial charge in [0.1, 0.15) is 5.60 Å². The van der Waals surface area contributed by atoms with Gasteiger partial charge in [0, 0.05) is 5.56 Å². The van der Waals surface area contributed by atoms with Gasteiger partial charge in [-0.05, 0) is 20.8 Å². The van der Waals surface area contributed by atoms with Crippen molar-refractivity contribution >= 4 is 17.4 Å². The summed E-state index contributed by atoms with van der Waals surface area (Å²) in [4.78, 5) is 20.6. The number of hydrogen-bond acceptors (Lipinski definition) is 8. The van der Waals surface area contributed by atoms with Gasteiger partial charge >= 0.3 is 6.16 Å². The summed E-state index contributed by atoms with van der Waals surface area (Å²) in [5.41, 5.74) is 7.12. The summed E-state index contributed by atoms with van der Waals surface area (Å²) in [6, 6.07) is 11.3. The SMILES string of the molecule is CO/C(OC(=O)OC(C)(C)C)=C(\CC#N)c1ncc(N)c(-c2ccccc2)n1. The summed E-state index contributed by atoms with van der Waals surface area (Å²) < 4.78 is 15.5. The van der Waals surface area contributed by atoms with E-state index < -0.39 is 11.8 Å². The number of nitrogen functional groups attached to an aromatic ring is 1. The molecule has 0 fully saturated rings. The number of aromatic nitrogens is 2. The number of methoxy groups -OCH3 is 1. The second-order valence-electron chi connectivity index (χ2n) is 6.74. The van der Waals surface area contributed by atoms with Gasteiger partial charge in [-0.15, -0.1) is 0 Å². The Bertz CT molecular complexity index is 912. The predicted molar refractivity (Wildman–Crippen MR) is 103 cm³/mol. The number of benzene rings is 1. The molecule has 0 radical (unpaired) electrons.